The fourth-order valence-electron chi connectivity index (χ4n) is 3.34. The molecule has 35 heavy (non-hydrogen) atoms. The SMILES string of the molecule is COCC(NC(=O)c1ccn([N+](C)=O)c1)C(=O)Nc1nc(-c2cccc(-c3ccncc3)c2)cs1. The Hall–Kier alpha value is -4.22. The van der Waals surface area contributed by atoms with Gasteiger partial charge in [0, 0.05) is 30.4 Å². The number of amides is 2. The summed E-state index contributed by atoms with van der Waals surface area (Å²) in [5.41, 5.74) is 3.94. The van der Waals surface area contributed by atoms with E-state index in [1.54, 1.807) is 12.4 Å². The number of carbonyl (C=O) groups is 2. The number of nitroso groups, excluding NO2 is 1. The van der Waals surface area contributed by atoms with E-state index in [2.05, 4.69) is 20.6 Å². The molecule has 0 fully saturated rings. The summed E-state index contributed by atoms with van der Waals surface area (Å²) < 4.78 is 6.32. The lowest BCUT2D eigenvalue weighted by Gasteiger charge is -2.16. The van der Waals surface area contributed by atoms with Crippen molar-refractivity contribution >= 4 is 28.3 Å². The highest BCUT2D eigenvalue weighted by Crippen LogP contribution is 2.28. The molecule has 1 aromatic carbocycles. The summed E-state index contributed by atoms with van der Waals surface area (Å²) in [6.07, 6.45) is 6.31. The van der Waals surface area contributed by atoms with Crippen molar-refractivity contribution in [3.05, 3.63) is 83.1 Å². The lowest BCUT2D eigenvalue weighted by molar-refractivity contribution is -0.578. The van der Waals surface area contributed by atoms with E-state index in [1.807, 2.05) is 41.8 Å². The first kappa shape index (κ1) is 23.9. The summed E-state index contributed by atoms with van der Waals surface area (Å²) in [5, 5.41) is 7.63. The average Bonchev–Trinajstić information content (AvgIpc) is 3.55. The van der Waals surface area contributed by atoms with E-state index < -0.39 is 17.9 Å². The molecule has 2 amide bonds. The zero-order valence-corrected chi connectivity index (χ0v) is 19.9. The fraction of sp³-hybridized carbons (Fsp3) is 0.167. The number of carbonyl (C=O) groups excluding carboxylic acids is 2. The van der Waals surface area contributed by atoms with Gasteiger partial charge in [-0.15, -0.1) is 11.3 Å². The van der Waals surface area contributed by atoms with Crippen molar-refractivity contribution in [3.63, 3.8) is 0 Å². The topological polar surface area (TPSA) is 118 Å². The predicted octanol–water partition coefficient (Wildman–Crippen LogP) is 3.23. The summed E-state index contributed by atoms with van der Waals surface area (Å²) in [4.78, 5) is 45.9. The molecule has 2 N–H and O–H groups in total. The van der Waals surface area contributed by atoms with Crippen molar-refractivity contribution in [2.45, 2.75) is 6.04 Å². The smallest absolute Gasteiger partial charge is 0.253 e. The number of aromatic nitrogens is 3. The highest BCUT2D eigenvalue weighted by Gasteiger charge is 2.23. The van der Waals surface area contributed by atoms with Crippen LogP contribution in [0, 0.1) is 4.91 Å². The van der Waals surface area contributed by atoms with Gasteiger partial charge in [-0.05, 0) is 35.4 Å². The molecule has 11 heteroatoms. The van der Waals surface area contributed by atoms with E-state index >= 15 is 0 Å². The maximum Gasteiger partial charge on any atom is 0.253 e. The Morgan fingerprint density at radius 2 is 1.91 bits per heavy atom. The number of ether oxygens (including phenoxy) is 1. The number of anilines is 1. The number of methoxy groups -OCH3 is 1. The Balaban J connectivity index is 1.45. The van der Waals surface area contributed by atoms with Crippen LogP contribution in [0.2, 0.25) is 0 Å². The molecular weight excluding hydrogens is 468 g/mol. The molecule has 0 saturated carbocycles. The van der Waals surface area contributed by atoms with Crippen LogP contribution < -0.4 is 10.6 Å². The Bertz CT molecular complexity index is 1350. The standard InChI is InChI=1S/C24H22N6O4S/c1-29(33)30-11-8-19(13-30)22(31)26-20(14-34-2)23(32)28-24-27-21(15-35-24)18-5-3-4-17(12-18)16-6-9-25-10-7-16/h3-13,15,20H,14H2,1-2H3,(H-,26,27,28,31,32)/p+1. The molecule has 0 bridgehead atoms. The summed E-state index contributed by atoms with van der Waals surface area (Å²) >= 11 is 1.28. The summed E-state index contributed by atoms with van der Waals surface area (Å²) in [7, 11) is 2.74. The first-order valence-electron chi connectivity index (χ1n) is 10.6. The molecule has 4 rings (SSSR count). The van der Waals surface area contributed by atoms with Crippen molar-refractivity contribution in [1.82, 2.24) is 20.0 Å². The van der Waals surface area contributed by atoms with Crippen molar-refractivity contribution in [2.24, 2.45) is 0 Å². The number of rotatable bonds is 9. The van der Waals surface area contributed by atoms with Gasteiger partial charge in [-0.25, -0.2) is 4.98 Å². The summed E-state index contributed by atoms with van der Waals surface area (Å²) in [5.74, 6) is -0.970. The minimum absolute atomic E-state index is 0.0358. The Kier molecular flexibility index (Phi) is 7.38. The number of nitrogens with one attached hydrogen (secondary N) is 2. The lowest BCUT2D eigenvalue weighted by atomic mass is 10.0. The molecular formula is C24H23N6O4S+. The van der Waals surface area contributed by atoms with Gasteiger partial charge in [0.15, 0.2) is 5.13 Å². The minimum Gasteiger partial charge on any atom is -0.382 e. The normalized spacial score (nSPS) is 11.6. The zero-order chi connectivity index (χ0) is 24.8. The Labute approximate surface area is 205 Å². The van der Waals surface area contributed by atoms with Crippen molar-refractivity contribution in [1.29, 1.82) is 0 Å². The number of hydrogen-bond acceptors (Lipinski definition) is 7. The predicted molar refractivity (Wildman–Crippen MR) is 132 cm³/mol. The van der Waals surface area contributed by atoms with Crippen LogP contribution >= 0.6 is 11.3 Å². The third-order valence-corrected chi connectivity index (χ3v) is 5.88. The largest absolute Gasteiger partial charge is 0.382 e. The van der Waals surface area contributed by atoms with Gasteiger partial charge < -0.3 is 15.4 Å². The molecule has 0 saturated heterocycles. The van der Waals surface area contributed by atoms with Crippen LogP contribution in [0.15, 0.2) is 72.6 Å². The third-order valence-electron chi connectivity index (χ3n) is 5.13. The van der Waals surface area contributed by atoms with Gasteiger partial charge in [-0.3, -0.25) is 14.6 Å². The van der Waals surface area contributed by atoms with Gasteiger partial charge in [-0.1, -0.05) is 22.9 Å². The van der Waals surface area contributed by atoms with Crippen LogP contribution in [0.25, 0.3) is 22.4 Å². The lowest BCUT2D eigenvalue weighted by Crippen LogP contribution is -2.46. The Morgan fingerprint density at radius 1 is 1.14 bits per heavy atom. The molecule has 0 spiro atoms. The zero-order valence-electron chi connectivity index (χ0n) is 19.0. The van der Waals surface area contributed by atoms with Gasteiger partial charge in [0.25, 0.3) is 11.8 Å². The molecule has 0 aliphatic rings. The van der Waals surface area contributed by atoms with Gasteiger partial charge in [0.1, 0.15) is 10.9 Å². The quantitative estimate of drug-likeness (QED) is 0.347. The van der Waals surface area contributed by atoms with Gasteiger partial charge >= 0.3 is 0 Å². The molecule has 10 nitrogen and oxygen atoms in total. The maximum atomic E-state index is 12.9. The molecule has 4 aromatic rings. The summed E-state index contributed by atoms with van der Waals surface area (Å²) in [6, 6.07) is 12.3. The van der Waals surface area contributed by atoms with Crippen LogP contribution in [0.4, 0.5) is 5.13 Å². The second-order valence-electron chi connectivity index (χ2n) is 7.57. The number of hydrogen-bond donors (Lipinski definition) is 2. The second kappa shape index (κ2) is 10.8. The van der Waals surface area contributed by atoms with Crippen LogP contribution in [0.1, 0.15) is 10.4 Å². The fourth-order valence-corrected chi connectivity index (χ4v) is 4.07. The number of nitrogens with zero attached hydrogens (tertiary/aromatic N) is 4. The molecule has 1 atom stereocenters. The van der Waals surface area contributed by atoms with E-state index in [0.29, 0.717) is 10.0 Å². The first-order valence-corrected chi connectivity index (χ1v) is 11.5. The highest BCUT2D eigenvalue weighted by molar-refractivity contribution is 7.14. The van der Waals surface area contributed by atoms with E-state index in [9.17, 15) is 14.5 Å². The molecule has 1 unspecified atom stereocenters. The van der Waals surface area contributed by atoms with E-state index in [0.717, 1.165) is 22.4 Å². The monoisotopic (exact) mass is 491 g/mol. The van der Waals surface area contributed by atoms with Crippen molar-refractivity contribution < 1.29 is 19.2 Å². The molecule has 0 aliphatic heterocycles. The molecule has 0 radical (unpaired) electrons. The molecule has 0 aliphatic carbocycles. The van der Waals surface area contributed by atoms with Gasteiger partial charge in [0.2, 0.25) is 7.05 Å². The van der Waals surface area contributed by atoms with E-state index in [1.165, 1.54) is 48.6 Å². The minimum atomic E-state index is -0.955. The first-order chi connectivity index (χ1) is 16.9. The number of benzene rings is 1. The number of thiazole rings is 1. The summed E-state index contributed by atoms with van der Waals surface area (Å²) in [6.45, 7) is -0.0358. The van der Waals surface area contributed by atoms with Crippen molar-refractivity contribution in [3.8, 4) is 22.4 Å². The van der Waals surface area contributed by atoms with Crippen LogP contribution in [0.3, 0.4) is 0 Å². The molecule has 3 aromatic heterocycles. The van der Waals surface area contributed by atoms with Crippen LogP contribution in [-0.2, 0) is 9.53 Å². The van der Waals surface area contributed by atoms with E-state index in [4.69, 9.17) is 4.74 Å². The van der Waals surface area contributed by atoms with E-state index in [-0.39, 0.29) is 12.2 Å². The molecule has 3 heterocycles. The van der Waals surface area contributed by atoms with Crippen LogP contribution in [-0.4, -0.2) is 58.1 Å². The average molecular weight is 492 g/mol. The number of pyridine rings is 1. The maximum absolute atomic E-state index is 12.9. The third kappa shape index (κ3) is 5.83. The van der Waals surface area contributed by atoms with Crippen molar-refractivity contribution in [2.75, 3.05) is 26.1 Å². The second-order valence-corrected chi connectivity index (χ2v) is 8.43. The molecule has 178 valence electrons. The highest BCUT2D eigenvalue weighted by atomic mass is 32.1. The van der Waals surface area contributed by atoms with Crippen LogP contribution in [0.5, 0.6) is 0 Å². The van der Waals surface area contributed by atoms with Gasteiger partial charge in [0.05, 0.1) is 35.2 Å². The van der Waals surface area contributed by atoms with Gasteiger partial charge in [-0.2, -0.15) is 0 Å². The Morgan fingerprint density at radius 3 is 2.63 bits per heavy atom.